The lowest BCUT2D eigenvalue weighted by atomic mass is 10.2. The third-order valence-electron chi connectivity index (χ3n) is 3.31. The number of carbonyl (C=O) groups is 1. The van der Waals surface area contributed by atoms with Gasteiger partial charge in [-0.3, -0.25) is 9.10 Å². The zero-order chi connectivity index (χ0) is 15.7. The largest absolute Gasteiger partial charge is 0.271 e. The van der Waals surface area contributed by atoms with E-state index in [1.807, 2.05) is 6.07 Å². The SMILES string of the molecule is CN1c2ccsc2/C(=N\NC(=O)c2ccccc2)CS1(=O)=O. The zero-order valence-corrected chi connectivity index (χ0v) is 13.3. The normalized spacial score (nSPS) is 18.0. The Hall–Kier alpha value is -2.19. The number of amides is 1. The molecule has 1 aromatic heterocycles. The summed E-state index contributed by atoms with van der Waals surface area (Å²) in [4.78, 5) is 12.7. The first-order valence-electron chi connectivity index (χ1n) is 6.45. The molecule has 22 heavy (non-hydrogen) atoms. The number of carbonyl (C=O) groups excluding carboxylic acids is 1. The number of sulfonamides is 1. The highest BCUT2D eigenvalue weighted by atomic mass is 32.2. The summed E-state index contributed by atoms with van der Waals surface area (Å²) in [5.74, 6) is -0.603. The summed E-state index contributed by atoms with van der Waals surface area (Å²) in [5, 5.41) is 5.83. The third-order valence-corrected chi connectivity index (χ3v) is 5.93. The number of nitrogens with zero attached hydrogens (tertiary/aromatic N) is 2. The van der Waals surface area contributed by atoms with Gasteiger partial charge in [0.05, 0.1) is 16.3 Å². The van der Waals surface area contributed by atoms with E-state index in [-0.39, 0.29) is 11.7 Å². The zero-order valence-electron chi connectivity index (χ0n) is 11.7. The number of benzene rings is 1. The number of hydrazone groups is 1. The Bertz CT molecular complexity index is 841. The van der Waals surface area contributed by atoms with Crippen LogP contribution in [0.4, 0.5) is 5.69 Å². The van der Waals surface area contributed by atoms with Crippen molar-refractivity contribution in [2.24, 2.45) is 5.10 Å². The van der Waals surface area contributed by atoms with Crippen LogP contribution in [0.5, 0.6) is 0 Å². The van der Waals surface area contributed by atoms with Crippen LogP contribution < -0.4 is 9.73 Å². The van der Waals surface area contributed by atoms with Crippen LogP contribution >= 0.6 is 11.3 Å². The molecule has 1 aliphatic rings. The van der Waals surface area contributed by atoms with Gasteiger partial charge in [0.2, 0.25) is 10.0 Å². The van der Waals surface area contributed by atoms with Crippen molar-refractivity contribution in [1.82, 2.24) is 5.43 Å². The Labute approximate surface area is 132 Å². The maximum absolute atomic E-state index is 12.1. The van der Waals surface area contributed by atoms with Crippen molar-refractivity contribution in [2.45, 2.75) is 0 Å². The molecule has 2 heterocycles. The van der Waals surface area contributed by atoms with Gasteiger partial charge in [-0.2, -0.15) is 5.10 Å². The number of hydrogen-bond donors (Lipinski definition) is 1. The lowest BCUT2D eigenvalue weighted by Crippen LogP contribution is -2.38. The number of fused-ring (bicyclic) bond motifs is 1. The summed E-state index contributed by atoms with van der Waals surface area (Å²) in [6.45, 7) is 0. The van der Waals surface area contributed by atoms with E-state index in [1.165, 1.54) is 22.7 Å². The van der Waals surface area contributed by atoms with E-state index in [0.717, 1.165) is 4.88 Å². The van der Waals surface area contributed by atoms with Gasteiger partial charge in [-0.1, -0.05) is 18.2 Å². The topological polar surface area (TPSA) is 78.8 Å². The monoisotopic (exact) mass is 335 g/mol. The van der Waals surface area contributed by atoms with E-state index in [2.05, 4.69) is 10.5 Å². The average molecular weight is 335 g/mol. The van der Waals surface area contributed by atoms with Crippen molar-refractivity contribution in [3.63, 3.8) is 0 Å². The van der Waals surface area contributed by atoms with E-state index < -0.39 is 10.0 Å². The van der Waals surface area contributed by atoms with Gasteiger partial charge in [-0.25, -0.2) is 13.8 Å². The molecule has 0 radical (unpaired) electrons. The van der Waals surface area contributed by atoms with Gasteiger partial charge >= 0.3 is 0 Å². The van der Waals surface area contributed by atoms with Crippen LogP contribution in [0.3, 0.4) is 0 Å². The lowest BCUT2D eigenvalue weighted by molar-refractivity contribution is 0.0955. The number of rotatable bonds is 2. The second-order valence-electron chi connectivity index (χ2n) is 4.72. The molecule has 0 saturated carbocycles. The lowest BCUT2D eigenvalue weighted by Gasteiger charge is -2.25. The quantitative estimate of drug-likeness (QED) is 0.848. The van der Waals surface area contributed by atoms with Crippen molar-refractivity contribution in [1.29, 1.82) is 0 Å². The molecule has 0 atom stereocenters. The third kappa shape index (κ3) is 2.62. The molecule has 0 bridgehead atoms. The maximum atomic E-state index is 12.1. The van der Waals surface area contributed by atoms with E-state index in [4.69, 9.17) is 0 Å². The first-order chi connectivity index (χ1) is 10.5. The number of hydrogen-bond acceptors (Lipinski definition) is 5. The summed E-state index contributed by atoms with van der Waals surface area (Å²) in [6, 6.07) is 10.4. The summed E-state index contributed by atoms with van der Waals surface area (Å²) in [6.07, 6.45) is 0. The molecule has 114 valence electrons. The van der Waals surface area contributed by atoms with Crippen molar-refractivity contribution < 1.29 is 13.2 Å². The smallest absolute Gasteiger partial charge is 0.271 e. The molecular formula is C14H13N3O3S2. The Morgan fingerprint density at radius 1 is 1.27 bits per heavy atom. The van der Waals surface area contributed by atoms with Crippen LogP contribution in [0, 0.1) is 0 Å². The summed E-state index contributed by atoms with van der Waals surface area (Å²) >= 11 is 1.40. The molecule has 0 fully saturated rings. The van der Waals surface area contributed by atoms with Crippen LogP contribution in [0.2, 0.25) is 0 Å². The van der Waals surface area contributed by atoms with Gasteiger partial charge in [0, 0.05) is 12.6 Å². The van der Waals surface area contributed by atoms with E-state index >= 15 is 0 Å². The van der Waals surface area contributed by atoms with Gasteiger partial charge in [0.1, 0.15) is 5.75 Å². The molecule has 0 aliphatic carbocycles. The number of thiophene rings is 1. The second-order valence-corrected chi connectivity index (χ2v) is 7.64. The van der Waals surface area contributed by atoms with Crippen LogP contribution in [0.25, 0.3) is 0 Å². The van der Waals surface area contributed by atoms with Gasteiger partial charge in [0.25, 0.3) is 5.91 Å². The van der Waals surface area contributed by atoms with Gasteiger partial charge in [-0.15, -0.1) is 11.3 Å². The van der Waals surface area contributed by atoms with E-state index in [9.17, 15) is 13.2 Å². The minimum absolute atomic E-state index is 0.230. The van der Waals surface area contributed by atoms with Crippen LogP contribution in [0.1, 0.15) is 15.2 Å². The highest BCUT2D eigenvalue weighted by Crippen LogP contribution is 2.32. The van der Waals surface area contributed by atoms with Gasteiger partial charge in [-0.05, 0) is 23.6 Å². The molecule has 1 N–H and O–H groups in total. The molecule has 1 amide bonds. The number of nitrogens with one attached hydrogen (secondary N) is 1. The number of anilines is 1. The minimum atomic E-state index is -3.45. The van der Waals surface area contributed by atoms with Gasteiger partial charge in [0.15, 0.2) is 0 Å². The van der Waals surface area contributed by atoms with Gasteiger partial charge < -0.3 is 0 Å². The first-order valence-corrected chi connectivity index (χ1v) is 8.94. The summed E-state index contributed by atoms with van der Waals surface area (Å²) in [5.41, 5.74) is 3.83. The Morgan fingerprint density at radius 3 is 2.73 bits per heavy atom. The van der Waals surface area contributed by atoms with E-state index in [0.29, 0.717) is 17.0 Å². The van der Waals surface area contributed by atoms with Crippen molar-refractivity contribution in [3.05, 3.63) is 52.2 Å². The molecule has 3 rings (SSSR count). The minimum Gasteiger partial charge on any atom is -0.271 e. The average Bonchev–Trinajstić information content (AvgIpc) is 3.00. The Balaban J connectivity index is 1.89. The molecule has 8 heteroatoms. The van der Waals surface area contributed by atoms with Crippen molar-refractivity contribution in [3.8, 4) is 0 Å². The predicted molar refractivity (Wildman–Crippen MR) is 87.0 cm³/mol. The van der Waals surface area contributed by atoms with Crippen LogP contribution in [0.15, 0.2) is 46.9 Å². The summed E-state index contributed by atoms with van der Waals surface area (Å²) in [7, 11) is -1.93. The molecule has 6 nitrogen and oxygen atoms in total. The van der Waals surface area contributed by atoms with Crippen molar-refractivity contribution in [2.75, 3.05) is 17.1 Å². The molecule has 0 unspecified atom stereocenters. The molecule has 1 aromatic carbocycles. The second kappa shape index (κ2) is 5.54. The van der Waals surface area contributed by atoms with Crippen LogP contribution in [-0.4, -0.2) is 32.8 Å². The van der Waals surface area contributed by atoms with E-state index in [1.54, 1.807) is 35.7 Å². The van der Waals surface area contributed by atoms with Crippen LogP contribution in [-0.2, 0) is 10.0 Å². The molecular weight excluding hydrogens is 322 g/mol. The molecule has 2 aromatic rings. The fraction of sp³-hybridized carbons (Fsp3) is 0.143. The standard InChI is InChI=1S/C14H13N3O3S2/c1-17-12-7-8-21-13(12)11(9-22(17,19)20)15-16-14(18)10-5-3-2-4-6-10/h2-8H,9H2,1H3,(H,16,18)/b15-11-. The summed E-state index contributed by atoms with van der Waals surface area (Å²) < 4.78 is 25.5. The Morgan fingerprint density at radius 2 is 2.00 bits per heavy atom. The first kappa shape index (κ1) is 14.7. The predicted octanol–water partition coefficient (Wildman–Crippen LogP) is 1.66. The molecule has 0 saturated heterocycles. The fourth-order valence-corrected chi connectivity index (χ4v) is 4.37. The van der Waals surface area contributed by atoms with Crippen molar-refractivity contribution >= 4 is 38.7 Å². The highest BCUT2D eigenvalue weighted by Gasteiger charge is 2.32. The molecule has 1 aliphatic heterocycles. The Kier molecular flexibility index (Phi) is 3.71. The maximum Gasteiger partial charge on any atom is 0.271 e. The fourth-order valence-electron chi connectivity index (χ4n) is 2.11. The highest BCUT2D eigenvalue weighted by molar-refractivity contribution is 7.93. The molecule has 0 spiro atoms.